The van der Waals surface area contributed by atoms with Crippen molar-refractivity contribution >= 4 is 50.7 Å². The minimum atomic E-state index is 0.0961. The van der Waals surface area contributed by atoms with E-state index in [-0.39, 0.29) is 5.41 Å². The van der Waals surface area contributed by atoms with Gasteiger partial charge in [0.05, 0.1) is 0 Å². The van der Waals surface area contributed by atoms with Gasteiger partial charge in [-0.1, -0.05) is 36.6 Å². The zero-order valence-electron chi connectivity index (χ0n) is 14.1. The summed E-state index contributed by atoms with van der Waals surface area (Å²) in [5.41, 5.74) is 2.44. The average Bonchev–Trinajstić information content (AvgIpc) is 3.06. The standard InChI is InChI=1S/C19H21BrClN3S/c1-13-9-15(20)11-22-17(13)24-18(25)23-12-19(7-2-3-8-19)14-5-4-6-16(21)10-14/h4-6,9-11H,2-3,7-8,12H2,1H3,(H2,22,23,24,25). The SMILES string of the molecule is Cc1cc(Br)cnc1NC(=S)NCC1(c2cccc(Cl)c2)CCCC1. The van der Waals surface area contributed by atoms with Gasteiger partial charge in [-0.25, -0.2) is 4.98 Å². The van der Waals surface area contributed by atoms with E-state index in [9.17, 15) is 0 Å². The van der Waals surface area contributed by atoms with Gasteiger partial charge in [0.1, 0.15) is 5.82 Å². The van der Waals surface area contributed by atoms with Crippen LogP contribution in [0.1, 0.15) is 36.8 Å². The first-order valence-corrected chi connectivity index (χ1v) is 9.99. The van der Waals surface area contributed by atoms with Gasteiger partial charge in [-0.2, -0.15) is 0 Å². The van der Waals surface area contributed by atoms with Gasteiger partial charge < -0.3 is 10.6 Å². The number of hydrogen-bond acceptors (Lipinski definition) is 2. The molecule has 3 nitrogen and oxygen atoms in total. The van der Waals surface area contributed by atoms with Gasteiger partial charge in [-0.05, 0) is 77.2 Å². The lowest BCUT2D eigenvalue weighted by atomic mass is 9.79. The Labute approximate surface area is 167 Å². The Hall–Kier alpha value is -1.17. The fraction of sp³-hybridized carbons (Fsp3) is 0.368. The maximum atomic E-state index is 6.21. The minimum Gasteiger partial charge on any atom is -0.362 e. The third-order valence-electron chi connectivity index (χ3n) is 4.86. The highest BCUT2D eigenvalue weighted by Gasteiger charge is 2.35. The van der Waals surface area contributed by atoms with Crippen molar-refractivity contribution < 1.29 is 0 Å². The highest BCUT2D eigenvalue weighted by atomic mass is 79.9. The topological polar surface area (TPSA) is 37.0 Å². The van der Waals surface area contributed by atoms with Gasteiger partial charge in [0.25, 0.3) is 0 Å². The fourth-order valence-electron chi connectivity index (χ4n) is 3.51. The summed E-state index contributed by atoms with van der Waals surface area (Å²) in [5.74, 6) is 0.781. The predicted octanol–water partition coefficient (Wildman–Crippen LogP) is 5.60. The van der Waals surface area contributed by atoms with Crippen LogP contribution in [0.3, 0.4) is 0 Å². The quantitative estimate of drug-likeness (QED) is 0.609. The number of aromatic nitrogens is 1. The molecule has 0 amide bonds. The number of pyridine rings is 1. The Morgan fingerprint density at radius 1 is 1.32 bits per heavy atom. The number of hydrogen-bond donors (Lipinski definition) is 2. The van der Waals surface area contributed by atoms with Gasteiger partial charge in [0.2, 0.25) is 0 Å². The second-order valence-electron chi connectivity index (χ2n) is 6.62. The summed E-state index contributed by atoms with van der Waals surface area (Å²) in [4.78, 5) is 4.38. The van der Waals surface area contributed by atoms with Crippen LogP contribution in [0.5, 0.6) is 0 Å². The Kier molecular flexibility index (Phi) is 5.97. The molecular weight excluding hydrogens is 418 g/mol. The summed E-state index contributed by atoms with van der Waals surface area (Å²) in [6.45, 7) is 2.81. The van der Waals surface area contributed by atoms with Crippen LogP contribution in [-0.2, 0) is 5.41 Å². The van der Waals surface area contributed by atoms with Crippen LogP contribution in [0.25, 0.3) is 0 Å². The summed E-state index contributed by atoms with van der Waals surface area (Å²) in [7, 11) is 0. The van der Waals surface area contributed by atoms with E-state index < -0.39 is 0 Å². The van der Waals surface area contributed by atoms with E-state index in [1.807, 2.05) is 25.1 Å². The van der Waals surface area contributed by atoms with Crippen LogP contribution in [0.4, 0.5) is 5.82 Å². The zero-order chi connectivity index (χ0) is 17.9. The number of rotatable bonds is 4. The van der Waals surface area contributed by atoms with Crippen molar-refractivity contribution in [3.63, 3.8) is 0 Å². The molecule has 0 atom stereocenters. The first-order valence-electron chi connectivity index (χ1n) is 8.42. The normalized spacial score (nSPS) is 15.8. The van der Waals surface area contributed by atoms with Crippen molar-refractivity contribution in [2.45, 2.75) is 38.0 Å². The van der Waals surface area contributed by atoms with E-state index in [0.29, 0.717) is 5.11 Å². The molecule has 0 saturated heterocycles. The number of nitrogens with one attached hydrogen (secondary N) is 2. The number of aryl methyl sites for hydroxylation is 1. The van der Waals surface area contributed by atoms with Gasteiger partial charge in [-0.3, -0.25) is 0 Å². The van der Waals surface area contributed by atoms with Crippen molar-refractivity contribution in [3.05, 3.63) is 57.2 Å². The molecular formula is C19H21BrClN3S. The van der Waals surface area contributed by atoms with Gasteiger partial charge in [-0.15, -0.1) is 0 Å². The fourth-order valence-corrected chi connectivity index (χ4v) is 4.32. The van der Waals surface area contributed by atoms with E-state index in [2.05, 4.69) is 43.7 Å². The molecule has 1 aromatic carbocycles. The lowest BCUT2D eigenvalue weighted by molar-refractivity contribution is 0.435. The Balaban J connectivity index is 1.68. The number of thiocarbonyl (C=S) groups is 1. The molecule has 0 radical (unpaired) electrons. The smallest absolute Gasteiger partial charge is 0.171 e. The largest absolute Gasteiger partial charge is 0.362 e. The van der Waals surface area contributed by atoms with Crippen molar-refractivity contribution in [2.75, 3.05) is 11.9 Å². The second kappa shape index (κ2) is 8.02. The summed E-state index contributed by atoms with van der Waals surface area (Å²) in [6.07, 6.45) is 6.54. The third-order valence-corrected chi connectivity index (χ3v) is 5.78. The van der Waals surface area contributed by atoms with E-state index >= 15 is 0 Å². The molecule has 0 spiro atoms. The number of halogens is 2. The average molecular weight is 439 g/mol. The third kappa shape index (κ3) is 4.52. The molecule has 132 valence electrons. The van der Waals surface area contributed by atoms with Gasteiger partial charge in [0.15, 0.2) is 5.11 Å². The molecule has 0 bridgehead atoms. The molecule has 1 heterocycles. The zero-order valence-corrected chi connectivity index (χ0v) is 17.3. The molecule has 2 aromatic rings. The summed E-state index contributed by atoms with van der Waals surface area (Å²) < 4.78 is 0.959. The molecule has 0 aliphatic heterocycles. The maximum absolute atomic E-state index is 6.21. The molecule has 1 fully saturated rings. The monoisotopic (exact) mass is 437 g/mol. The van der Waals surface area contributed by atoms with Crippen molar-refractivity contribution in [1.29, 1.82) is 0 Å². The molecule has 1 aliphatic rings. The molecule has 1 saturated carbocycles. The van der Waals surface area contributed by atoms with E-state index in [4.69, 9.17) is 23.8 Å². The van der Waals surface area contributed by atoms with Crippen LogP contribution in [-0.4, -0.2) is 16.6 Å². The highest BCUT2D eigenvalue weighted by molar-refractivity contribution is 9.10. The Morgan fingerprint density at radius 2 is 2.08 bits per heavy atom. The first kappa shape index (κ1) is 18.6. The molecule has 1 aliphatic carbocycles. The van der Waals surface area contributed by atoms with Crippen LogP contribution in [0.2, 0.25) is 5.02 Å². The molecule has 3 rings (SSSR count). The van der Waals surface area contributed by atoms with E-state index in [0.717, 1.165) is 40.3 Å². The van der Waals surface area contributed by atoms with Crippen LogP contribution >= 0.6 is 39.7 Å². The number of benzene rings is 1. The van der Waals surface area contributed by atoms with Crippen LogP contribution in [0, 0.1) is 6.92 Å². The lowest BCUT2D eigenvalue weighted by Crippen LogP contribution is -2.41. The minimum absolute atomic E-state index is 0.0961. The lowest BCUT2D eigenvalue weighted by Gasteiger charge is -2.31. The second-order valence-corrected chi connectivity index (χ2v) is 8.38. The van der Waals surface area contributed by atoms with Gasteiger partial charge >= 0.3 is 0 Å². The maximum Gasteiger partial charge on any atom is 0.171 e. The van der Waals surface area contributed by atoms with Crippen LogP contribution < -0.4 is 10.6 Å². The molecule has 1 aromatic heterocycles. The predicted molar refractivity (Wildman–Crippen MR) is 112 cm³/mol. The molecule has 6 heteroatoms. The summed E-state index contributed by atoms with van der Waals surface area (Å²) in [5, 5.41) is 8.00. The van der Waals surface area contributed by atoms with E-state index in [1.165, 1.54) is 18.4 Å². The van der Waals surface area contributed by atoms with E-state index in [1.54, 1.807) is 6.20 Å². The Morgan fingerprint density at radius 3 is 2.76 bits per heavy atom. The van der Waals surface area contributed by atoms with Crippen molar-refractivity contribution in [2.24, 2.45) is 0 Å². The first-order chi connectivity index (χ1) is 12.0. The highest BCUT2D eigenvalue weighted by Crippen LogP contribution is 2.41. The molecule has 0 unspecified atom stereocenters. The van der Waals surface area contributed by atoms with Crippen molar-refractivity contribution in [3.8, 4) is 0 Å². The molecule has 25 heavy (non-hydrogen) atoms. The Bertz CT molecular complexity index is 775. The summed E-state index contributed by atoms with van der Waals surface area (Å²) in [6, 6.07) is 10.2. The number of anilines is 1. The summed E-state index contributed by atoms with van der Waals surface area (Å²) >= 11 is 15.1. The van der Waals surface area contributed by atoms with Crippen molar-refractivity contribution in [1.82, 2.24) is 10.3 Å². The number of nitrogens with zero attached hydrogens (tertiary/aromatic N) is 1. The van der Waals surface area contributed by atoms with Crippen LogP contribution in [0.15, 0.2) is 41.0 Å². The van der Waals surface area contributed by atoms with Gasteiger partial charge in [0, 0.05) is 27.7 Å². The molecule has 2 N–H and O–H groups in total.